The minimum Gasteiger partial charge on any atom is -0.330 e. The molecule has 106 valence electrons. The van der Waals surface area contributed by atoms with Gasteiger partial charge in [-0.1, -0.05) is 29.8 Å². The van der Waals surface area contributed by atoms with Gasteiger partial charge in [0.05, 0.1) is 5.56 Å². The van der Waals surface area contributed by atoms with Crippen molar-refractivity contribution in [3.8, 4) is 11.1 Å². The van der Waals surface area contributed by atoms with Gasteiger partial charge in [0.25, 0.3) is 0 Å². The van der Waals surface area contributed by atoms with Gasteiger partial charge in [0.2, 0.25) is 0 Å². The summed E-state index contributed by atoms with van der Waals surface area (Å²) >= 11 is 5.96. The molecule has 2 aromatic rings. The highest BCUT2D eigenvalue weighted by Crippen LogP contribution is 2.32. The summed E-state index contributed by atoms with van der Waals surface area (Å²) in [7, 11) is 0. The van der Waals surface area contributed by atoms with Gasteiger partial charge in [0.1, 0.15) is 0 Å². The van der Waals surface area contributed by atoms with E-state index >= 15 is 0 Å². The normalized spacial score (nSPS) is 11.7. The maximum absolute atomic E-state index is 12.5. The average molecular weight is 300 g/mol. The molecule has 0 aromatic heterocycles. The van der Waals surface area contributed by atoms with Crippen LogP contribution in [0, 0.1) is 0 Å². The first kappa shape index (κ1) is 14.9. The Labute approximate surface area is 120 Å². The lowest BCUT2D eigenvalue weighted by Crippen LogP contribution is -2.05. The van der Waals surface area contributed by atoms with E-state index in [1.807, 2.05) is 6.07 Å². The summed E-state index contributed by atoms with van der Waals surface area (Å²) < 4.78 is 37.6. The van der Waals surface area contributed by atoms with E-state index in [2.05, 4.69) is 0 Å². The lowest BCUT2D eigenvalue weighted by atomic mass is 9.97. The molecule has 0 aliphatic heterocycles. The zero-order valence-corrected chi connectivity index (χ0v) is 11.3. The van der Waals surface area contributed by atoms with Crippen LogP contribution < -0.4 is 5.73 Å². The summed E-state index contributed by atoms with van der Waals surface area (Å²) in [5.74, 6) is 0. The number of nitrogens with two attached hydrogens (primary N) is 1. The van der Waals surface area contributed by atoms with Crippen LogP contribution in [0.4, 0.5) is 13.2 Å². The molecule has 0 bridgehead atoms. The van der Waals surface area contributed by atoms with Crippen LogP contribution in [-0.4, -0.2) is 6.54 Å². The molecule has 0 fully saturated rings. The highest BCUT2D eigenvalue weighted by Gasteiger charge is 2.30. The SMILES string of the molecule is NCCc1ccc(Cl)cc1-c1ccc(C(F)(F)F)cc1. The van der Waals surface area contributed by atoms with E-state index in [1.54, 1.807) is 12.1 Å². The summed E-state index contributed by atoms with van der Waals surface area (Å²) in [4.78, 5) is 0. The molecule has 0 aliphatic rings. The van der Waals surface area contributed by atoms with Gasteiger partial charge in [-0.25, -0.2) is 0 Å². The summed E-state index contributed by atoms with van der Waals surface area (Å²) in [6.45, 7) is 0.468. The topological polar surface area (TPSA) is 26.0 Å². The van der Waals surface area contributed by atoms with Gasteiger partial charge < -0.3 is 5.73 Å². The number of halogens is 4. The number of rotatable bonds is 3. The van der Waals surface area contributed by atoms with Crippen LogP contribution in [0.5, 0.6) is 0 Å². The van der Waals surface area contributed by atoms with Crippen LogP contribution in [0.2, 0.25) is 5.02 Å². The highest BCUT2D eigenvalue weighted by molar-refractivity contribution is 6.30. The lowest BCUT2D eigenvalue weighted by Gasteiger charge is -2.11. The van der Waals surface area contributed by atoms with Gasteiger partial charge in [0, 0.05) is 5.02 Å². The van der Waals surface area contributed by atoms with E-state index in [0.717, 1.165) is 23.3 Å². The van der Waals surface area contributed by atoms with Crippen LogP contribution in [0.15, 0.2) is 42.5 Å². The van der Waals surface area contributed by atoms with E-state index in [9.17, 15) is 13.2 Å². The Morgan fingerprint density at radius 3 is 2.20 bits per heavy atom. The number of alkyl halides is 3. The molecule has 2 rings (SSSR count). The summed E-state index contributed by atoms with van der Waals surface area (Å²) in [6.07, 6.45) is -3.68. The average Bonchev–Trinajstić information content (AvgIpc) is 2.40. The van der Waals surface area contributed by atoms with Gasteiger partial charge in [-0.15, -0.1) is 0 Å². The quantitative estimate of drug-likeness (QED) is 0.885. The van der Waals surface area contributed by atoms with Crippen molar-refractivity contribution in [3.05, 3.63) is 58.6 Å². The zero-order chi connectivity index (χ0) is 14.8. The van der Waals surface area contributed by atoms with Gasteiger partial charge in [-0.05, 0) is 53.9 Å². The number of benzene rings is 2. The Balaban J connectivity index is 2.43. The largest absolute Gasteiger partial charge is 0.416 e. The van der Waals surface area contributed by atoms with Gasteiger partial charge >= 0.3 is 6.18 Å². The van der Waals surface area contributed by atoms with Crippen LogP contribution in [0.1, 0.15) is 11.1 Å². The monoisotopic (exact) mass is 299 g/mol. The molecule has 0 saturated carbocycles. The van der Waals surface area contributed by atoms with E-state index in [4.69, 9.17) is 17.3 Å². The van der Waals surface area contributed by atoms with Crippen molar-refractivity contribution < 1.29 is 13.2 Å². The van der Waals surface area contributed by atoms with Gasteiger partial charge in [-0.3, -0.25) is 0 Å². The second-order valence-corrected chi connectivity index (χ2v) is 4.85. The predicted molar refractivity (Wildman–Crippen MR) is 74.6 cm³/mol. The van der Waals surface area contributed by atoms with Crippen LogP contribution >= 0.6 is 11.6 Å². The predicted octanol–water partition coefficient (Wildman–Crippen LogP) is 4.53. The number of hydrogen-bond acceptors (Lipinski definition) is 1. The van der Waals surface area contributed by atoms with Gasteiger partial charge in [0.15, 0.2) is 0 Å². The Bertz CT molecular complexity index is 591. The molecular formula is C15H13ClF3N. The van der Waals surface area contributed by atoms with Crippen molar-refractivity contribution >= 4 is 11.6 Å². The third-order valence-corrected chi connectivity index (χ3v) is 3.24. The second-order valence-electron chi connectivity index (χ2n) is 4.42. The van der Waals surface area contributed by atoms with Crippen LogP contribution in [0.3, 0.4) is 0 Å². The van der Waals surface area contributed by atoms with Crippen molar-refractivity contribution in [2.75, 3.05) is 6.54 Å². The molecule has 0 unspecified atom stereocenters. The van der Waals surface area contributed by atoms with Crippen LogP contribution in [-0.2, 0) is 12.6 Å². The fraction of sp³-hybridized carbons (Fsp3) is 0.200. The summed E-state index contributed by atoms with van der Waals surface area (Å²) in [6, 6.07) is 10.4. The van der Waals surface area contributed by atoms with E-state index in [1.165, 1.54) is 12.1 Å². The Morgan fingerprint density at radius 2 is 1.65 bits per heavy atom. The molecule has 0 spiro atoms. The smallest absolute Gasteiger partial charge is 0.330 e. The minimum absolute atomic E-state index is 0.468. The molecule has 0 radical (unpaired) electrons. The van der Waals surface area contributed by atoms with E-state index in [-0.39, 0.29) is 0 Å². The molecule has 2 aromatic carbocycles. The number of hydrogen-bond donors (Lipinski definition) is 1. The third-order valence-electron chi connectivity index (χ3n) is 3.01. The van der Waals surface area contributed by atoms with Crippen LogP contribution in [0.25, 0.3) is 11.1 Å². The first-order valence-electron chi connectivity index (χ1n) is 6.08. The zero-order valence-electron chi connectivity index (χ0n) is 10.5. The molecule has 1 nitrogen and oxygen atoms in total. The Hall–Kier alpha value is -1.52. The molecule has 0 atom stereocenters. The summed E-state index contributed by atoms with van der Waals surface area (Å²) in [5, 5.41) is 0.542. The lowest BCUT2D eigenvalue weighted by molar-refractivity contribution is -0.137. The highest BCUT2D eigenvalue weighted by atomic mass is 35.5. The van der Waals surface area contributed by atoms with Crippen molar-refractivity contribution in [3.63, 3.8) is 0 Å². The van der Waals surface area contributed by atoms with Crippen molar-refractivity contribution in [1.82, 2.24) is 0 Å². The van der Waals surface area contributed by atoms with Crippen molar-refractivity contribution in [2.45, 2.75) is 12.6 Å². The molecule has 0 saturated heterocycles. The maximum atomic E-state index is 12.5. The third kappa shape index (κ3) is 3.32. The van der Waals surface area contributed by atoms with Crippen molar-refractivity contribution in [2.24, 2.45) is 5.73 Å². The maximum Gasteiger partial charge on any atom is 0.416 e. The Kier molecular flexibility index (Phi) is 4.35. The van der Waals surface area contributed by atoms with E-state index < -0.39 is 11.7 Å². The molecular weight excluding hydrogens is 287 g/mol. The summed E-state index contributed by atoms with van der Waals surface area (Å²) in [5.41, 5.74) is 7.37. The molecule has 2 N–H and O–H groups in total. The molecule has 20 heavy (non-hydrogen) atoms. The van der Waals surface area contributed by atoms with Crippen molar-refractivity contribution in [1.29, 1.82) is 0 Å². The second kappa shape index (κ2) is 5.85. The van der Waals surface area contributed by atoms with Gasteiger partial charge in [-0.2, -0.15) is 13.2 Å². The molecule has 5 heteroatoms. The fourth-order valence-corrected chi connectivity index (χ4v) is 2.20. The fourth-order valence-electron chi connectivity index (χ4n) is 2.03. The molecule has 0 aliphatic carbocycles. The minimum atomic E-state index is -4.33. The van der Waals surface area contributed by atoms with E-state index in [0.29, 0.717) is 23.6 Å². The first-order chi connectivity index (χ1) is 9.41. The Morgan fingerprint density at radius 1 is 1.00 bits per heavy atom. The first-order valence-corrected chi connectivity index (χ1v) is 6.46. The standard InChI is InChI=1S/C15H13ClF3N/c16-13-6-3-11(7-8-20)14(9-13)10-1-4-12(5-2-10)15(17,18)19/h1-6,9H,7-8,20H2. The molecule has 0 heterocycles. The molecule has 0 amide bonds.